The van der Waals surface area contributed by atoms with E-state index in [1.54, 1.807) is 6.20 Å². The number of rotatable bonds is 14. The molecule has 0 saturated heterocycles. The van der Waals surface area contributed by atoms with Crippen LogP contribution in [0.25, 0.3) is 0 Å². The average Bonchev–Trinajstić information content (AvgIpc) is 3.45. The van der Waals surface area contributed by atoms with E-state index in [0.717, 1.165) is 30.4 Å². The minimum atomic E-state index is -1.36. The molecule has 0 spiro atoms. The minimum absolute atomic E-state index is 0.0176. The zero-order valence-corrected chi connectivity index (χ0v) is 25.9. The van der Waals surface area contributed by atoms with Crippen LogP contribution in [0.5, 0.6) is 0 Å². The van der Waals surface area contributed by atoms with Gasteiger partial charge in [-0.05, 0) is 69.2 Å². The molecule has 43 heavy (non-hydrogen) atoms. The van der Waals surface area contributed by atoms with Crippen molar-refractivity contribution in [3.05, 3.63) is 83.0 Å². The van der Waals surface area contributed by atoms with Crippen LogP contribution in [0.15, 0.2) is 60.8 Å². The fourth-order valence-corrected chi connectivity index (χ4v) is 6.16. The van der Waals surface area contributed by atoms with Crippen LogP contribution in [-0.4, -0.2) is 33.9 Å². The van der Waals surface area contributed by atoms with E-state index in [1.165, 1.54) is 0 Å². The highest BCUT2D eigenvalue weighted by Crippen LogP contribution is 2.40. The molecule has 0 radical (unpaired) electrons. The molecule has 1 aromatic heterocycles. The number of nitrogens with zero attached hydrogens (tertiary/aromatic N) is 2. The number of anilines is 1. The lowest BCUT2D eigenvalue weighted by Crippen LogP contribution is -2.52. The van der Waals surface area contributed by atoms with Gasteiger partial charge in [0.2, 0.25) is 5.91 Å². The summed E-state index contributed by atoms with van der Waals surface area (Å²) < 4.78 is 1.85. The highest BCUT2D eigenvalue weighted by Gasteiger charge is 2.43. The van der Waals surface area contributed by atoms with E-state index in [0.29, 0.717) is 42.8 Å². The number of aryl methyl sites for hydroxylation is 1. The Kier molecular flexibility index (Phi) is 10.1. The molecular formula is C34H46N6O3. The quantitative estimate of drug-likeness (QED) is 0.196. The number of amides is 2. The number of ketones is 1. The van der Waals surface area contributed by atoms with Crippen LogP contribution in [0.2, 0.25) is 0 Å². The van der Waals surface area contributed by atoms with Crippen molar-refractivity contribution in [2.75, 3.05) is 11.9 Å². The summed E-state index contributed by atoms with van der Waals surface area (Å²) in [5, 5.41) is 11.3. The van der Waals surface area contributed by atoms with Crippen LogP contribution in [0.4, 0.5) is 5.82 Å². The molecule has 1 aliphatic rings. The first-order valence-corrected chi connectivity index (χ1v) is 15.4. The summed E-state index contributed by atoms with van der Waals surface area (Å²) in [6, 6.07) is 17.9. The molecule has 1 aliphatic heterocycles. The summed E-state index contributed by atoms with van der Waals surface area (Å²) in [5.74, 6) is -1.22. The standard InChI is InChI=1S/C34H46N6O3/c1-5-23-15-17-26(18-16-23)34(6-2,29(41)20-25(30(36)42)14-10-11-19-35)39-32(43)27-22-37-40-31(27)38-28(21-33(40,3)4)24-12-8-7-9-13-24/h7-9,12-13,15-18,22,25,28,38H,5-6,10-11,14,19-21,35H2,1-4H3,(H2,36,42)(H,39,43)/t25-,28-,34?/m1/s1. The van der Waals surface area contributed by atoms with Crippen LogP contribution in [0.3, 0.4) is 0 Å². The van der Waals surface area contributed by atoms with Gasteiger partial charge < -0.3 is 22.1 Å². The first-order valence-electron chi connectivity index (χ1n) is 15.4. The summed E-state index contributed by atoms with van der Waals surface area (Å²) in [7, 11) is 0. The Hall–Kier alpha value is -3.98. The molecule has 6 N–H and O–H groups in total. The number of unbranched alkanes of at least 4 members (excludes halogenated alkanes) is 1. The van der Waals surface area contributed by atoms with Gasteiger partial charge in [-0.3, -0.25) is 14.4 Å². The first-order chi connectivity index (χ1) is 20.6. The summed E-state index contributed by atoms with van der Waals surface area (Å²) in [5.41, 5.74) is 12.9. The molecule has 2 heterocycles. The molecule has 4 rings (SSSR count). The second kappa shape index (κ2) is 13.5. The molecule has 9 nitrogen and oxygen atoms in total. The number of carbonyl (C=O) groups excluding carboxylic acids is 3. The summed E-state index contributed by atoms with van der Waals surface area (Å²) >= 11 is 0. The maximum Gasteiger partial charge on any atom is 0.257 e. The van der Waals surface area contributed by atoms with Crippen LogP contribution >= 0.6 is 0 Å². The molecule has 9 heteroatoms. The summed E-state index contributed by atoms with van der Waals surface area (Å²) in [6.07, 6.45) is 5.33. The SMILES string of the molecule is CCc1ccc(C(CC)(NC(=O)c2cnn3c2N[C@@H](c2ccccc2)CC3(C)C)C(=O)C[C@@H](CCCCN)C(N)=O)cc1. The molecule has 3 aromatic rings. The third-order valence-corrected chi connectivity index (χ3v) is 8.83. The maximum atomic E-state index is 14.2. The van der Waals surface area contributed by atoms with Crippen molar-refractivity contribution in [1.82, 2.24) is 15.1 Å². The number of fused-ring (bicyclic) bond motifs is 1. The molecule has 0 bridgehead atoms. The summed E-state index contributed by atoms with van der Waals surface area (Å²) in [4.78, 5) is 40.8. The lowest BCUT2D eigenvalue weighted by atomic mass is 9.78. The van der Waals surface area contributed by atoms with E-state index in [9.17, 15) is 14.4 Å². The number of nitrogens with two attached hydrogens (primary N) is 2. The Bertz CT molecular complexity index is 1420. The van der Waals surface area contributed by atoms with Gasteiger partial charge in [-0.1, -0.05) is 74.9 Å². The summed E-state index contributed by atoms with van der Waals surface area (Å²) in [6.45, 7) is 8.65. The topological polar surface area (TPSA) is 145 Å². The van der Waals surface area contributed by atoms with Crippen molar-refractivity contribution in [2.24, 2.45) is 17.4 Å². The third kappa shape index (κ3) is 6.82. The molecule has 0 saturated carbocycles. The fraction of sp³-hybridized carbons (Fsp3) is 0.471. The van der Waals surface area contributed by atoms with Gasteiger partial charge in [0.25, 0.3) is 5.91 Å². The number of primary amides is 1. The fourth-order valence-electron chi connectivity index (χ4n) is 6.16. The molecule has 0 fully saturated rings. The van der Waals surface area contributed by atoms with Gasteiger partial charge in [0.1, 0.15) is 16.9 Å². The van der Waals surface area contributed by atoms with E-state index in [1.807, 2.05) is 54.1 Å². The Morgan fingerprint density at radius 1 is 1.09 bits per heavy atom. The second-order valence-electron chi connectivity index (χ2n) is 12.2. The molecule has 1 unspecified atom stereocenters. The lowest BCUT2D eigenvalue weighted by Gasteiger charge is -2.38. The number of carbonyl (C=O) groups is 3. The number of benzene rings is 2. The predicted octanol–water partition coefficient (Wildman–Crippen LogP) is 4.96. The number of hydrogen-bond donors (Lipinski definition) is 4. The minimum Gasteiger partial charge on any atom is -0.369 e. The van der Waals surface area contributed by atoms with E-state index >= 15 is 0 Å². The number of aromatic nitrogens is 2. The molecule has 2 aromatic carbocycles. The van der Waals surface area contributed by atoms with Crippen molar-refractivity contribution < 1.29 is 14.4 Å². The highest BCUT2D eigenvalue weighted by molar-refractivity contribution is 6.03. The van der Waals surface area contributed by atoms with Crippen molar-refractivity contribution in [3.63, 3.8) is 0 Å². The molecule has 2 amide bonds. The smallest absolute Gasteiger partial charge is 0.257 e. The molecule has 230 valence electrons. The maximum absolute atomic E-state index is 14.2. The lowest BCUT2D eigenvalue weighted by molar-refractivity contribution is -0.131. The van der Waals surface area contributed by atoms with E-state index < -0.39 is 23.3 Å². The van der Waals surface area contributed by atoms with Gasteiger partial charge in [0.05, 0.1) is 17.8 Å². The first kappa shape index (κ1) is 31.9. The highest BCUT2D eigenvalue weighted by atomic mass is 16.2. The Morgan fingerprint density at radius 3 is 2.40 bits per heavy atom. The van der Waals surface area contributed by atoms with Gasteiger partial charge in [-0.25, -0.2) is 4.68 Å². The van der Waals surface area contributed by atoms with Gasteiger partial charge in [-0.2, -0.15) is 5.10 Å². The van der Waals surface area contributed by atoms with Crippen molar-refractivity contribution >= 4 is 23.4 Å². The van der Waals surface area contributed by atoms with E-state index in [2.05, 4.69) is 48.6 Å². The van der Waals surface area contributed by atoms with Crippen LogP contribution in [0, 0.1) is 5.92 Å². The second-order valence-corrected chi connectivity index (χ2v) is 12.2. The van der Waals surface area contributed by atoms with E-state index in [4.69, 9.17) is 11.5 Å². The number of nitrogens with one attached hydrogen (secondary N) is 2. The van der Waals surface area contributed by atoms with Crippen molar-refractivity contribution in [1.29, 1.82) is 0 Å². The molecular weight excluding hydrogens is 540 g/mol. The largest absolute Gasteiger partial charge is 0.369 e. The van der Waals surface area contributed by atoms with E-state index in [-0.39, 0.29) is 23.8 Å². The van der Waals surface area contributed by atoms with Gasteiger partial charge in [-0.15, -0.1) is 0 Å². The van der Waals surface area contributed by atoms with Crippen molar-refractivity contribution in [2.45, 2.75) is 89.8 Å². The Balaban J connectivity index is 1.71. The third-order valence-electron chi connectivity index (χ3n) is 8.83. The Morgan fingerprint density at radius 2 is 1.79 bits per heavy atom. The van der Waals surface area contributed by atoms with Crippen LogP contribution < -0.4 is 22.1 Å². The van der Waals surface area contributed by atoms with Gasteiger partial charge in [0.15, 0.2) is 5.78 Å². The van der Waals surface area contributed by atoms with Gasteiger partial charge in [0, 0.05) is 12.3 Å². The zero-order valence-electron chi connectivity index (χ0n) is 25.9. The van der Waals surface area contributed by atoms with Crippen LogP contribution in [-0.2, 0) is 27.1 Å². The zero-order chi connectivity index (χ0) is 31.2. The number of hydrogen-bond acceptors (Lipinski definition) is 6. The Labute approximate surface area is 254 Å². The monoisotopic (exact) mass is 586 g/mol. The molecule has 3 atom stereocenters. The molecule has 0 aliphatic carbocycles. The van der Waals surface area contributed by atoms with Crippen LogP contribution in [0.1, 0.15) is 99.3 Å². The predicted molar refractivity (Wildman–Crippen MR) is 169 cm³/mol. The number of Topliss-reactive ketones (excluding diaryl/α,β-unsaturated/α-hetero) is 1. The van der Waals surface area contributed by atoms with Crippen molar-refractivity contribution in [3.8, 4) is 0 Å². The van der Waals surface area contributed by atoms with Gasteiger partial charge >= 0.3 is 0 Å². The normalized spacial score (nSPS) is 17.7. The average molecular weight is 587 g/mol.